The highest BCUT2D eigenvalue weighted by atomic mass is 35.5. The van der Waals surface area contributed by atoms with Gasteiger partial charge in [-0.1, -0.05) is 0 Å². The van der Waals surface area contributed by atoms with E-state index in [-0.39, 0.29) is 0 Å². The number of sulfonamides is 1. The predicted octanol–water partition coefficient (Wildman–Crippen LogP) is 2.06. The van der Waals surface area contributed by atoms with Crippen molar-refractivity contribution in [2.45, 2.75) is 19.3 Å². The molecule has 1 fully saturated rings. The molecule has 7 heteroatoms. The Morgan fingerprint density at radius 1 is 1.45 bits per heavy atom. The van der Waals surface area contributed by atoms with Gasteiger partial charge in [0, 0.05) is 19.5 Å². The molecule has 0 aromatic heterocycles. The summed E-state index contributed by atoms with van der Waals surface area (Å²) in [4.78, 5) is 0. The minimum Gasteiger partial charge on any atom is -0.494 e. The Kier molecular flexibility index (Phi) is 5.35. The fourth-order valence-corrected chi connectivity index (χ4v) is 3.31. The lowest BCUT2D eigenvalue weighted by Crippen LogP contribution is -2.38. The van der Waals surface area contributed by atoms with Crippen molar-refractivity contribution >= 4 is 21.6 Å². The van der Waals surface area contributed by atoms with Crippen LogP contribution in [0.3, 0.4) is 0 Å². The molecule has 0 radical (unpaired) electrons. The monoisotopic (exact) mass is 321 g/mol. The number of hydrogen-bond acceptors (Lipinski definition) is 4. The Hall–Kier alpha value is -0.720. The van der Waals surface area contributed by atoms with E-state index in [0.29, 0.717) is 37.9 Å². The minimum atomic E-state index is -3.05. The van der Waals surface area contributed by atoms with Gasteiger partial charge in [0.05, 0.1) is 18.7 Å². The van der Waals surface area contributed by atoms with E-state index in [9.17, 15) is 8.42 Å². The summed E-state index contributed by atoms with van der Waals surface area (Å²) >= 11 is 5.66. The van der Waals surface area contributed by atoms with Crippen LogP contribution in [0, 0.1) is 5.92 Å². The summed E-state index contributed by atoms with van der Waals surface area (Å²) in [5.41, 5.74) is 0. The second-order valence-electron chi connectivity index (χ2n) is 5.13. The topological polar surface area (TPSA) is 55.8 Å². The second kappa shape index (κ2) is 6.83. The summed E-state index contributed by atoms with van der Waals surface area (Å²) in [7, 11) is -3.05. The molecule has 5 nitrogen and oxygen atoms in total. The number of piperidine rings is 1. The van der Waals surface area contributed by atoms with Crippen LogP contribution < -0.4 is 0 Å². The van der Waals surface area contributed by atoms with Crippen molar-refractivity contribution in [3.05, 3.63) is 23.9 Å². The van der Waals surface area contributed by atoms with Gasteiger partial charge in [0.2, 0.25) is 10.0 Å². The number of hydrogen-bond donors (Lipinski definition) is 0. The number of ether oxygens (including phenoxy) is 2. The van der Waals surface area contributed by atoms with Crippen molar-refractivity contribution in [2.75, 3.05) is 31.8 Å². The van der Waals surface area contributed by atoms with Crippen LogP contribution in [0.15, 0.2) is 23.9 Å². The maximum Gasteiger partial charge on any atom is 0.211 e. The van der Waals surface area contributed by atoms with Gasteiger partial charge in [0.15, 0.2) is 0 Å². The zero-order chi connectivity index (χ0) is 14.6. The Bertz CT molecular complexity index is 493. The van der Waals surface area contributed by atoms with E-state index in [4.69, 9.17) is 21.1 Å². The molecule has 2 heterocycles. The maximum atomic E-state index is 11.4. The van der Waals surface area contributed by atoms with Gasteiger partial charge in [-0.2, -0.15) is 0 Å². The average molecular weight is 322 g/mol. The molecule has 0 unspecified atom stereocenters. The quantitative estimate of drug-likeness (QED) is 0.727. The lowest BCUT2D eigenvalue weighted by molar-refractivity contribution is 0.118. The first-order chi connectivity index (χ1) is 9.49. The summed E-state index contributed by atoms with van der Waals surface area (Å²) in [6.45, 7) is 1.77. The highest BCUT2D eigenvalue weighted by molar-refractivity contribution is 7.88. The molecule has 0 aromatic carbocycles. The molecule has 0 bridgehead atoms. The van der Waals surface area contributed by atoms with Crippen LogP contribution >= 0.6 is 11.6 Å². The standard InChI is InChI=1S/C13H20ClNO4S/c1-20(16,17)15-6-4-11(5-7-15)9-18-13-3-2-12(8-14)19-10-13/h2,10-11H,3-9H2,1H3. The normalized spacial score (nSPS) is 21.9. The SMILES string of the molecule is CS(=O)(=O)N1CCC(COC2=COC(CCl)=CC2)CC1. The van der Waals surface area contributed by atoms with E-state index in [1.54, 1.807) is 6.26 Å². The number of nitrogens with zero attached hydrogens (tertiary/aromatic N) is 1. The van der Waals surface area contributed by atoms with Crippen LogP contribution in [0.2, 0.25) is 0 Å². The summed E-state index contributed by atoms with van der Waals surface area (Å²) in [5, 5.41) is 0. The zero-order valence-corrected chi connectivity index (χ0v) is 13.1. The molecule has 2 rings (SSSR count). The third-order valence-corrected chi connectivity index (χ3v) is 5.12. The van der Waals surface area contributed by atoms with Crippen LogP contribution in [0.25, 0.3) is 0 Å². The molecule has 0 atom stereocenters. The molecular weight excluding hydrogens is 302 g/mol. The van der Waals surface area contributed by atoms with Crippen molar-refractivity contribution < 1.29 is 17.9 Å². The highest BCUT2D eigenvalue weighted by Crippen LogP contribution is 2.22. The number of halogens is 1. The van der Waals surface area contributed by atoms with Gasteiger partial charge in [-0.25, -0.2) is 12.7 Å². The van der Waals surface area contributed by atoms with E-state index in [0.717, 1.165) is 24.4 Å². The summed E-state index contributed by atoms with van der Waals surface area (Å²) in [5.74, 6) is 2.31. The fraction of sp³-hybridized carbons (Fsp3) is 0.692. The zero-order valence-electron chi connectivity index (χ0n) is 11.5. The first kappa shape index (κ1) is 15.7. The fourth-order valence-electron chi connectivity index (χ4n) is 2.26. The van der Waals surface area contributed by atoms with E-state index >= 15 is 0 Å². The Morgan fingerprint density at radius 2 is 2.15 bits per heavy atom. The smallest absolute Gasteiger partial charge is 0.211 e. The maximum absolute atomic E-state index is 11.4. The van der Waals surface area contributed by atoms with Crippen LogP contribution in [0.4, 0.5) is 0 Å². The van der Waals surface area contributed by atoms with Crippen LogP contribution in [-0.4, -0.2) is 44.6 Å². The molecule has 2 aliphatic heterocycles. The molecule has 0 aliphatic carbocycles. The van der Waals surface area contributed by atoms with E-state index in [2.05, 4.69) is 0 Å². The Balaban J connectivity index is 1.71. The lowest BCUT2D eigenvalue weighted by Gasteiger charge is -2.30. The number of rotatable bonds is 5. The molecule has 0 saturated carbocycles. The molecule has 0 spiro atoms. The van der Waals surface area contributed by atoms with Crippen LogP contribution in [0.1, 0.15) is 19.3 Å². The van der Waals surface area contributed by atoms with Crippen LogP contribution in [-0.2, 0) is 19.5 Å². The molecule has 0 N–H and O–H groups in total. The molecule has 114 valence electrons. The van der Waals surface area contributed by atoms with Crippen molar-refractivity contribution in [2.24, 2.45) is 5.92 Å². The second-order valence-corrected chi connectivity index (χ2v) is 7.38. The van der Waals surface area contributed by atoms with Gasteiger partial charge in [-0.15, -0.1) is 11.6 Å². The highest BCUT2D eigenvalue weighted by Gasteiger charge is 2.25. The van der Waals surface area contributed by atoms with Gasteiger partial charge in [0.1, 0.15) is 17.8 Å². The molecule has 1 saturated heterocycles. The third-order valence-electron chi connectivity index (χ3n) is 3.55. The van der Waals surface area contributed by atoms with Crippen LogP contribution in [0.5, 0.6) is 0 Å². The first-order valence-electron chi connectivity index (χ1n) is 6.67. The van der Waals surface area contributed by atoms with E-state index in [1.165, 1.54) is 10.6 Å². The summed E-state index contributed by atoms with van der Waals surface area (Å²) < 4.78 is 35.4. The summed E-state index contributed by atoms with van der Waals surface area (Å²) in [6.07, 6.45) is 7.14. The van der Waals surface area contributed by atoms with Crippen molar-refractivity contribution in [1.29, 1.82) is 0 Å². The van der Waals surface area contributed by atoms with Gasteiger partial charge < -0.3 is 9.47 Å². The van der Waals surface area contributed by atoms with E-state index in [1.807, 2.05) is 6.08 Å². The molecule has 0 aromatic rings. The van der Waals surface area contributed by atoms with Gasteiger partial charge in [0.25, 0.3) is 0 Å². The average Bonchev–Trinajstić information content (AvgIpc) is 2.45. The summed E-state index contributed by atoms with van der Waals surface area (Å²) in [6, 6.07) is 0. The minimum absolute atomic E-state index is 0.369. The van der Waals surface area contributed by atoms with Gasteiger partial charge in [-0.3, -0.25) is 0 Å². The molecule has 0 amide bonds. The van der Waals surface area contributed by atoms with Crippen molar-refractivity contribution in [1.82, 2.24) is 4.31 Å². The van der Waals surface area contributed by atoms with Crippen molar-refractivity contribution in [3.8, 4) is 0 Å². The molecule has 2 aliphatic rings. The predicted molar refractivity (Wildman–Crippen MR) is 77.7 cm³/mol. The number of allylic oxidation sites excluding steroid dienone is 2. The number of alkyl halides is 1. The molecular formula is C13H20ClNO4S. The van der Waals surface area contributed by atoms with E-state index < -0.39 is 10.0 Å². The Labute approximate surface area is 125 Å². The van der Waals surface area contributed by atoms with Gasteiger partial charge in [-0.05, 0) is 24.8 Å². The van der Waals surface area contributed by atoms with Gasteiger partial charge >= 0.3 is 0 Å². The largest absolute Gasteiger partial charge is 0.494 e. The lowest BCUT2D eigenvalue weighted by atomic mass is 9.99. The van der Waals surface area contributed by atoms with Crippen molar-refractivity contribution in [3.63, 3.8) is 0 Å². The first-order valence-corrected chi connectivity index (χ1v) is 9.06. The third kappa shape index (κ3) is 4.40. The molecule has 20 heavy (non-hydrogen) atoms. The Morgan fingerprint density at radius 3 is 2.65 bits per heavy atom.